The Balaban J connectivity index is 2.21. The predicted molar refractivity (Wildman–Crippen MR) is 87.6 cm³/mol. The number of ketones is 1. The quantitative estimate of drug-likeness (QED) is 0.513. The Bertz CT molecular complexity index is 871. The van der Waals surface area contributed by atoms with E-state index in [1.54, 1.807) is 36.5 Å². The largest absolute Gasteiger partial charge is 0.398 e. The van der Waals surface area contributed by atoms with Crippen molar-refractivity contribution in [3.05, 3.63) is 62.7 Å². The summed E-state index contributed by atoms with van der Waals surface area (Å²) < 4.78 is 0. The van der Waals surface area contributed by atoms with Gasteiger partial charge < -0.3 is 10.7 Å². The molecule has 21 heavy (non-hydrogen) atoms. The number of nitrogen functional groups attached to an aromatic ring is 1. The molecule has 1 heterocycles. The van der Waals surface area contributed by atoms with Crippen LogP contribution in [0.1, 0.15) is 15.9 Å². The van der Waals surface area contributed by atoms with Crippen LogP contribution in [0.3, 0.4) is 0 Å². The summed E-state index contributed by atoms with van der Waals surface area (Å²) in [6, 6.07) is 8.25. The van der Waals surface area contributed by atoms with Crippen LogP contribution in [0.25, 0.3) is 10.9 Å². The zero-order valence-corrected chi connectivity index (χ0v) is 12.9. The summed E-state index contributed by atoms with van der Waals surface area (Å²) in [5, 5.41) is 1.75. The second-order valence-corrected chi connectivity index (χ2v) is 5.77. The number of hydrogen-bond donors (Lipinski definition) is 2. The van der Waals surface area contributed by atoms with E-state index in [0.717, 1.165) is 0 Å². The smallest absolute Gasteiger partial charge is 0.196 e. The number of aromatic amines is 1. The molecule has 0 saturated carbocycles. The first-order valence-corrected chi connectivity index (χ1v) is 7.17. The Morgan fingerprint density at radius 1 is 1.10 bits per heavy atom. The number of aromatic nitrogens is 1. The summed E-state index contributed by atoms with van der Waals surface area (Å²) in [5.74, 6) is -0.247. The van der Waals surface area contributed by atoms with Crippen molar-refractivity contribution in [1.29, 1.82) is 0 Å². The van der Waals surface area contributed by atoms with Gasteiger partial charge in [-0.25, -0.2) is 0 Å². The van der Waals surface area contributed by atoms with Crippen molar-refractivity contribution in [1.82, 2.24) is 4.98 Å². The molecule has 0 fully saturated rings. The molecule has 3 N–H and O–H groups in total. The molecule has 106 valence electrons. The van der Waals surface area contributed by atoms with Crippen LogP contribution in [0.15, 0.2) is 36.5 Å². The molecule has 0 unspecified atom stereocenters. The molecule has 0 radical (unpaired) electrons. The average molecular weight is 340 g/mol. The van der Waals surface area contributed by atoms with Crippen LogP contribution in [0, 0.1) is 0 Å². The second kappa shape index (κ2) is 5.26. The number of anilines is 1. The maximum absolute atomic E-state index is 12.7. The minimum atomic E-state index is -0.247. The van der Waals surface area contributed by atoms with Gasteiger partial charge in [-0.1, -0.05) is 40.9 Å². The Labute approximate surface area is 135 Å². The van der Waals surface area contributed by atoms with E-state index in [1.165, 1.54) is 0 Å². The van der Waals surface area contributed by atoms with Crippen LogP contribution < -0.4 is 5.73 Å². The zero-order valence-electron chi connectivity index (χ0n) is 10.6. The van der Waals surface area contributed by atoms with Gasteiger partial charge in [-0.2, -0.15) is 0 Å². The van der Waals surface area contributed by atoms with E-state index in [9.17, 15) is 4.79 Å². The van der Waals surface area contributed by atoms with Crippen LogP contribution in [-0.2, 0) is 0 Å². The number of hydrogen-bond acceptors (Lipinski definition) is 2. The summed E-state index contributed by atoms with van der Waals surface area (Å²) >= 11 is 18.3. The summed E-state index contributed by atoms with van der Waals surface area (Å²) in [4.78, 5) is 15.7. The van der Waals surface area contributed by atoms with Gasteiger partial charge in [0.15, 0.2) is 5.78 Å². The lowest BCUT2D eigenvalue weighted by Gasteiger charge is -2.06. The van der Waals surface area contributed by atoms with Crippen LogP contribution in [0.4, 0.5) is 5.69 Å². The van der Waals surface area contributed by atoms with Crippen LogP contribution in [0.2, 0.25) is 15.1 Å². The van der Waals surface area contributed by atoms with Gasteiger partial charge in [0.25, 0.3) is 0 Å². The average Bonchev–Trinajstić information content (AvgIpc) is 2.85. The molecule has 0 aliphatic heterocycles. The van der Waals surface area contributed by atoms with Gasteiger partial charge in [0, 0.05) is 33.2 Å². The van der Waals surface area contributed by atoms with E-state index in [4.69, 9.17) is 40.5 Å². The third-order valence-electron chi connectivity index (χ3n) is 3.21. The highest BCUT2D eigenvalue weighted by Crippen LogP contribution is 2.33. The molecule has 1 aromatic heterocycles. The van der Waals surface area contributed by atoms with E-state index < -0.39 is 0 Å². The molecule has 3 nitrogen and oxygen atoms in total. The first kappa shape index (κ1) is 14.3. The van der Waals surface area contributed by atoms with Crippen molar-refractivity contribution in [3.63, 3.8) is 0 Å². The highest BCUT2D eigenvalue weighted by atomic mass is 35.5. The summed E-state index contributed by atoms with van der Waals surface area (Å²) in [6.45, 7) is 0. The van der Waals surface area contributed by atoms with Gasteiger partial charge in [0.05, 0.1) is 15.7 Å². The van der Waals surface area contributed by atoms with E-state index in [1.807, 2.05) is 0 Å². The van der Waals surface area contributed by atoms with Crippen molar-refractivity contribution in [2.75, 3.05) is 5.73 Å². The Morgan fingerprint density at radius 2 is 1.86 bits per heavy atom. The number of halogens is 3. The van der Waals surface area contributed by atoms with E-state index >= 15 is 0 Å². The molecule has 3 rings (SSSR count). The number of nitrogens with one attached hydrogen (secondary N) is 1. The minimum absolute atomic E-state index is 0.238. The molecule has 2 aromatic carbocycles. The first-order valence-electron chi connectivity index (χ1n) is 6.04. The third-order valence-corrected chi connectivity index (χ3v) is 4.15. The maximum Gasteiger partial charge on any atom is 0.196 e. The van der Waals surface area contributed by atoms with Gasteiger partial charge in [-0.3, -0.25) is 4.79 Å². The lowest BCUT2D eigenvalue weighted by atomic mass is 10.0. The van der Waals surface area contributed by atoms with Crippen molar-refractivity contribution >= 4 is 57.2 Å². The number of H-pyrrole nitrogens is 1. The highest BCUT2D eigenvalue weighted by molar-refractivity contribution is 6.41. The van der Waals surface area contributed by atoms with E-state index in [0.29, 0.717) is 37.8 Å². The second-order valence-electron chi connectivity index (χ2n) is 4.55. The van der Waals surface area contributed by atoms with Gasteiger partial charge in [0.2, 0.25) is 0 Å². The SMILES string of the molecule is Nc1cccc(C(=O)c2c[nH]c3cc(Cl)cc(Cl)c23)c1Cl. The van der Waals surface area contributed by atoms with Crippen LogP contribution in [-0.4, -0.2) is 10.8 Å². The molecular formula is C15H9Cl3N2O. The molecule has 0 atom stereocenters. The normalized spacial score (nSPS) is 11.0. The van der Waals surface area contributed by atoms with Gasteiger partial charge in [-0.15, -0.1) is 0 Å². The standard InChI is InChI=1S/C15H9Cl3N2O/c16-7-4-10(17)13-9(6-20-12(13)5-7)15(21)8-2-1-3-11(19)14(8)18/h1-6,20H,19H2. The zero-order chi connectivity index (χ0) is 15.1. The number of fused-ring (bicyclic) bond motifs is 1. The number of carbonyl (C=O) groups excluding carboxylic acids is 1. The number of rotatable bonds is 2. The number of carbonyl (C=O) groups is 1. The van der Waals surface area contributed by atoms with Crippen molar-refractivity contribution in [2.45, 2.75) is 0 Å². The number of nitrogens with two attached hydrogens (primary N) is 1. The monoisotopic (exact) mass is 338 g/mol. The molecule has 0 aliphatic rings. The van der Waals surface area contributed by atoms with Crippen LogP contribution in [0.5, 0.6) is 0 Å². The first-order chi connectivity index (χ1) is 9.99. The Morgan fingerprint density at radius 3 is 2.62 bits per heavy atom. The number of benzene rings is 2. The maximum atomic E-state index is 12.7. The Hall–Kier alpha value is -1.68. The Kier molecular flexibility index (Phi) is 3.57. The van der Waals surface area contributed by atoms with Crippen molar-refractivity contribution in [3.8, 4) is 0 Å². The van der Waals surface area contributed by atoms with Gasteiger partial charge >= 0.3 is 0 Å². The summed E-state index contributed by atoms with van der Waals surface area (Å²) in [6.07, 6.45) is 1.59. The fourth-order valence-corrected chi connectivity index (χ4v) is 3.04. The molecule has 0 saturated heterocycles. The molecule has 0 spiro atoms. The molecular weight excluding hydrogens is 331 g/mol. The van der Waals surface area contributed by atoms with Crippen LogP contribution >= 0.6 is 34.8 Å². The summed E-state index contributed by atoms with van der Waals surface area (Å²) in [7, 11) is 0. The molecule has 6 heteroatoms. The van der Waals surface area contributed by atoms with Crippen molar-refractivity contribution in [2.24, 2.45) is 0 Å². The molecule has 0 aliphatic carbocycles. The predicted octanol–water partition coefficient (Wildman–Crippen LogP) is 4.94. The molecule has 0 bridgehead atoms. The van der Waals surface area contributed by atoms with Gasteiger partial charge in [-0.05, 0) is 24.3 Å². The summed E-state index contributed by atoms with van der Waals surface area (Å²) in [5.41, 5.74) is 7.55. The highest BCUT2D eigenvalue weighted by Gasteiger charge is 2.19. The fourth-order valence-electron chi connectivity index (χ4n) is 2.23. The lowest BCUT2D eigenvalue weighted by molar-refractivity contribution is 0.104. The molecule has 0 amide bonds. The van der Waals surface area contributed by atoms with Gasteiger partial charge in [0.1, 0.15) is 0 Å². The lowest BCUT2D eigenvalue weighted by Crippen LogP contribution is -2.03. The van der Waals surface area contributed by atoms with Crippen molar-refractivity contribution < 1.29 is 4.79 Å². The third kappa shape index (κ3) is 2.38. The topological polar surface area (TPSA) is 58.9 Å². The minimum Gasteiger partial charge on any atom is -0.398 e. The fraction of sp³-hybridized carbons (Fsp3) is 0. The van der Waals surface area contributed by atoms with E-state index in [2.05, 4.69) is 4.98 Å². The van der Waals surface area contributed by atoms with E-state index in [-0.39, 0.29) is 10.8 Å². The molecule has 3 aromatic rings.